The van der Waals surface area contributed by atoms with Gasteiger partial charge >= 0.3 is 0 Å². The van der Waals surface area contributed by atoms with Crippen LogP contribution in [0.25, 0.3) is 10.9 Å². The molecule has 1 aromatic carbocycles. The molecule has 0 bridgehead atoms. The number of rotatable bonds is 0. The first-order chi connectivity index (χ1) is 6.09. The third-order valence-corrected chi connectivity index (χ3v) is 2.49. The lowest BCUT2D eigenvalue weighted by Crippen LogP contribution is -2.11. The van der Waals surface area contributed by atoms with E-state index in [-0.39, 0.29) is 5.56 Å². The molecule has 0 aliphatic heterocycles. The second-order valence-electron chi connectivity index (χ2n) is 2.79. The molecule has 1 N–H and O–H groups in total. The molecule has 3 nitrogen and oxygen atoms in total. The number of H-pyrrole nitrogens is 1. The average Bonchev–Trinajstić information content (AvgIpc) is 2.32. The summed E-state index contributed by atoms with van der Waals surface area (Å²) in [6.07, 6.45) is 0. The van der Waals surface area contributed by atoms with E-state index in [2.05, 4.69) is 21.0 Å². The fourth-order valence-electron chi connectivity index (χ4n) is 1.23. The molecule has 1 aromatic heterocycles. The van der Waals surface area contributed by atoms with Crippen molar-refractivity contribution >= 4 is 26.8 Å². The topological polar surface area (TPSA) is 37.8 Å². The summed E-state index contributed by atoms with van der Waals surface area (Å²) in [5.74, 6) is -0.427. The molecule has 0 atom stereocenters. The van der Waals surface area contributed by atoms with E-state index in [0.29, 0.717) is 15.4 Å². The molecule has 0 aliphatic carbocycles. The van der Waals surface area contributed by atoms with Crippen LogP contribution in [0.3, 0.4) is 0 Å². The van der Waals surface area contributed by atoms with Crippen molar-refractivity contribution in [1.82, 2.24) is 9.78 Å². The third kappa shape index (κ3) is 1.19. The Hall–Kier alpha value is -1.10. The molecule has 0 fully saturated rings. The Kier molecular flexibility index (Phi) is 1.76. The number of aryl methyl sites for hydroxylation is 1. The fraction of sp³-hybridized carbons (Fsp3) is 0.125. The number of aromatic amines is 1. The smallest absolute Gasteiger partial charge is 0.274 e. The van der Waals surface area contributed by atoms with Crippen molar-refractivity contribution in [2.45, 2.75) is 0 Å². The highest BCUT2D eigenvalue weighted by Gasteiger charge is 2.07. The molecule has 0 unspecified atom stereocenters. The van der Waals surface area contributed by atoms with Crippen molar-refractivity contribution < 1.29 is 4.39 Å². The standard InChI is InChI=1S/C8H6BrFN2O/c1-12-8(13)4-2-6(10)5(9)3-7(4)11-12/h2-3,11H,1H3. The maximum atomic E-state index is 13.0. The van der Waals surface area contributed by atoms with Crippen molar-refractivity contribution in [3.8, 4) is 0 Å². The minimum atomic E-state index is -0.427. The first-order valence-electron chi connectivity index (χ1n) is 3.63. The number of aromatic nitrogens is 2. The van der Waals surface area contributed by atoms with E-state index >= 15 is 0 Å². The Bertz CT molecular complexity index is 529. The van der Waals surface area contributed by atoms with Gasteiger partial charge in [0.15, 0.2) is 0 Å². The second kappa shape index (κ2) is 2.70. The number of halogens is 2. The molecule has 13 heavy (non-hydrogen) atoms. The predicted molar refractivity (Wildman–Crippen MR) is 51.2 cm³/mol. The number of hydrogen-bond acceptors (Lipinski definition) is 1. The Balaban J connectivity index is 2.97. The quantitative estimate of drug-likeness (QED) is 0.754. The number of nitrogens with one attached hydrogen (secondary N) is 1. The van der Waals surface area contributed by atoms with Crippen LogP contribution >= 0.6 is 15.9 Å². The number of nitrogens with zero attached hydrogens (tertiary/aromatic N) is 1. The van der Waals surface area contributed by atoms with Gasteiger partial charge in [-0.2, -0.15) is 0 Å². The van der Waals surface area contributed by atoms with Crippen LogP contribution in [-0.2, 0) is 7.05 Å². The summed E-state index contributed by atoms with van der Waals surface area (Å²) in [7, 11) is 1.59. The Morgan fingerprint density at radius 1 is 1.54 bits per heavy atom. The molecule has 68 valence electrons. The molecular weight excluding hydrogens is 239 g/mol. The molecule has 0 spiro atoms. The van der Waals surface area contributed by atoms with E-state index < -0.39 is 5.82 Å². The molecule has 0 amide bonds. The number of benzene rings is 1. The summed E-state index contributed by atoms with van der Waals surface area (Å²) >= 11 is 3.04. The van der Waals surface area contributed by atoms with Crippen LogP contribution in [0.1, 0.15) is 0 Å². The lowest BCUT2D eigenvalue weighted by atomic mass is 10.2. The van der Waals surface area contributed by atoms with Crippen molar-refractivity contribution in [1.29, 1.82) is 0 Å². The second-order valence-corrected chi connectivity index (χ2v) is 3.64. The van der Waals surface area contributed by atoms with Crippen LogP contribution < -0.4 is 5.56 Å². The summed E-state index contributed by atoms with van der Waals surface area (Å²) in [6.45, 7) is 0. The van der Waals surface area contributed by atoms with Crippen molar-refractivity contribution in [3.63, 3.8) is 0 Å². The van der Waals surface area contributed by atoms with Gasteiger partial charge in [0, 0.05) is 7.05 Å². The van der Waals surface area contributed by atoms with E-state index in [1.165, 1.54) is 10.7 Å². The molecular formula is C8H6BrFN2O. The van der Waals surface area contributed by atoms with Crippen LogP contribution in [0.4, 0.5) is 4.39 Å². The summed E-state index contributed by atoms with van der Waals surface area (Å²) in [5, 5.41) is 3.17. The largest absolute Gasteiger partial charge is 0.295 e. The Labute approximate surface area is 81.3 Å². The van der Waals surface area contributed by atoms with Crippen LogP contribution in [0, 0.1) is 5.82 Å². The highest BCUT2D eigenvalue weighted by molar-refractivity contribution is 9.10. The zero-order valence-corrected chi connectivity index (χ0v) is 8.35. The minimum absolute atomic E-state index is 0.221. The van der Waals surface area contributed by atoms with Gasteiger partial charge in [-0.3, -0.25) is 14.6 Å². The molecule has 0 radical (unpaired) electrons. The summed E-state index contributed by atoms with van der Waals surface area (Å²) in [6, 6.07) is 2.77. The Morgan fingerprint density at radius 2 is 2.23 bits per heavy atom. The van der Waals surface area contributed by atoms with E-state index in [1.54, 1.807) is 13.1 Å². The molecule has 2 rings (SSSR count). The molecule has 5 heteroatoms. The van der Waals surface area contributed by atoms with Gasteiger partial charge in [0.05, 0.1) is 15.4 Å². The molecule has 0 saturated carbocycles. The van der Waals surface area contributed by atoms with Crippen molar-refractivity contribution in [3.05, 3.63) is 32.8 Å². The lowest BCUT2D eigenvalue weighted by molar-refractivity contribution is 0.623. The van der Waals surface area contributed by atoms with Gasteiger partial charge in [0.25, 0.3) is 5.56 Å². The molecule has 1 heterocycles. The Morgan fingerprint density at radius 3 is 2.92 bits per heavy atom. The average molecular weight is 245 g/mol. The summed E-state index contributed by atoms with van der Waals surface area (Å²) in [5.41, 5.74) is 0.405. The normalized spacial score (nSPS) is 11.0. The van der Waals surface area contributed by atoms with E-state index in [0.717, 1.165) is 0 Å². The monoisotopic (exact) mass is 244 g/mol. The van der Waals surface area contributed by atoms with E-state index in [1.807, 2.05) is 0 Å². The first-order valence-corrected chi connectivity index (χ1v) is 4.42. The van der Waals surface area contributed by atoms with Gasteiger partial charge in [-0.15, -0.1) is 0 Å². The highest BCUT2D eigenvalue weighted by atomic mass is 79.9. The van der Waals surface area contributed by atoms with Crippen LogP contribution in [-0.4, -0.2) is 9.78 Å². The third-order valence-electron chi connectivity index (χ3n) is 1.88. The molecule has 0 aliphatic rings. The zero-order chi connectivity index (χ0) is 9.59. The number of hydrogen-bond donors (Lipinski definition) is 1. The van der Waals surface area contributed by atoms with E-state index in [4.69, 9.17) is 0 Å². The maximum absolute atomic E-state index is 13.0. The SMILES string of the molecule is Cn1[nH]c2cc(Br)c(F)cc2c1=O. The molecule has 0 saturated heterocycles. The predicted octanol–water partition coefficient (Wildman–Crippen LogP) is 1.77. The van der Waals surface area contributed by atoms with Crippen LogP contribution in [0.15, 0.2) is 21.4 Å². The van der Waals surface area contributed by atoms with Gasteiger partial charge in [0.1, 0.15) is 5.82 Å². The van der Waals surface area contributed by atoms with Gasteiger partial charge < -0.3 is 0 Å². The lowest BCUT2D eigenvalue weighted by Gasteiger charge is -1.92. The van der Waals surface area contributed by atoms with Gasteiger partial charge in [0.2, 0.25) is 0 Å². The summed E-state index contributed by atoms with van der Waals surface area (Å²) in [4.78, 5) is 11.3. The van der Waals surface area contributed by atoms with Gasteiger partial charge in [-0.1, -0.05) is 0 Å². The summed E-state index contributed by atoms with van der Waals surface area (Å²) < 4.78 is 14.7. The zero-order valence-electron chi connectivity index (χ0n) is 6.77. The van der Waals surface area contributed by atoms with Crippen molar-refractivity contribution in [2.75, 3.05) is 0 Å². The maximum Gasteiger partial charge on any atom is 0.274 e. The van der Waals surface area contributed by atoms with Crippen LogP contribution in [0.2, 0.25) is 0 Å². The van der Waals surface area contributed by atoms with E-state index in [9.17, 15) is 9.18 Å². The minimum Gasteiger partial charge on any atom is -0.295 e. The highest BCUT2D eigenvalue weighted by Crippen LogP contribution is 2.19. The first kappa shape index (κ1) is 8.50. The van der Waals surface area contributed by atoms with Gasteiger partial charge in [-0.05, 0) is 28.1 Å². The van der Waals surface area contributed by atoms with Gasteiger partial charge in [-0.25, -0.2) is 4.39 Å². The number of fused-ring (bicyclic) bond motifs is 1. The fourth-order valence-corrected chi connectivity index (χ4v) is 1.57. The molecule has 2 aromatic rings. The van der Waals surface area contributed by atoms with Crippen LogP contribution in [0.5, 0.6) is 0 Å². The van der Waals surface area contributed by atoms with Crippen molar-refractivity contribution in [2.24, 2.45) is 7.05 Å².